The second kappa shape index (κ2) is 8.45. The van der Waals surface area contributed by atoms with Crippen LogP contribution in [0, 0.1) is 5.92 Å². The topological polar surface area (TPSA) is 33.2 Å². The minimum Gasteiger partial charge on any atom is -0.302 e. The molecule has 0 saturated carbocycles. The van der Waals surface area contributed by atoms with Crippen LogP contribution in [0.2, 0.25) is 0 Å². The number of pyridine rings is 1. The number of hydrogen-bond donors (Lipinski definition) is 0. The van der Waals surface area contributed by atoms with Crippen molar-refractivity contribution >= 4 is 17.5 Å². The number of carbonyl (C=O) groups is 1. The van der Waals surface area contributed by atoms with Gasteiger partial charge in [0.15, 0.2) is 5.78 Å². The molecule has 1 aliphatic rings. The molecule has 1 aliphatic heterocycles. The van der Waals surface area contributed by atoms with Gasteiger partial charge in [0, 0.05) is 47.8 Å². The SMILES string of the molecule is CSc1ccc(C(=O)[C@@H]2CCCN(CCc3ccccn3)C2)cc1. The lowest BCUT2D eigenvalue weighted by Gasteiger charge is -2.32. The van der Waals surface area contributed by atoms with Crippen LogP contribution in [0.5, 0.6) is 0 Å². The van der Waals surface area contributed by atoms with Crippen LogP contribution in [0.4, 0.5) is 0 Å². The molecule has 126 valence electrons. The number of carbonyl (C=O) groups excluding carboxylic acids is 1. The van der Waals surface area contributed by atoms with Gasteiger partial charge in [-0.3, -0.25) is 9.78 Å². The van der Waals surface area contributed by atoms with Gasteiger partial charge in [-0.1, -0.05) is 18.2 Å². The second-order valence-electron chi connectivity index (χ2n) is 6.30. The molecule has 2 aromatic rings. The summed E-state index contributed by atoms with van der Waals surface area (Å²) >= 11 is 1.70. The fourth-order valence-corrected chi connectivity index (χ4v) is 3.69. The highest BCUT2D eigenvalue weighted by Gasteiger charge is 2.26. The Balaban J connectivity index is 1.57. The first-order chi connectivity index (χ1) is 11.8. The number of hydrogen-bond acceptors (Lipinski definition) is 4. The molecule has 0 radical (unpaired) electrons. The zero-order valence-corrected chi connectivity index (χ0v) is 15.0. The van der Waals surface area contributed by atoms with E-state index in [2.05, 4.69) is 22.2 Å². The van der Waals surface area contributed by atoms with Gasteiger partial charge in [-0.15, -0.1) is 11.8 Å². The molecule has 24 heavy (non-hydrogen) atoms. The highest BCUT2D eigenvalue weighted by atomic mass is 32.2. The number of benzene rings is 1. The zero-order valence-electron chi connectivity index (χ0n) is 14.1. The Hall–Kier alpha value is -1.65. The summed E-state index contributed by atoms with van der Waals surface area (Å²) < 4.78 is 0. The maximum Gasteiger partial charge on any atom is 0.167 e. The molecule has 4 heteroatoms. The largest absolute Gasteiger partial charge is 0.302 e. The van der Waals surface area contributed by atoms with Crippen molar-refractivity contribution < 1.29 is 4.79 Å². The number of likely N-dealkylation sites (tertiary alicyclic amines) is 1. The van der Waals surface area contributed by atoms with Gasteiger partial charge in [0.1, 0.15) is 0 Å². The summed E-state index contributed by atoms with van der Waals surface area (Å²) in [6, 6.07) is 14.1. The molecule has 1 fully saturated rings. The quantitative estimate of drug-likeness (QED) is 0.589. The molecule has 0 bridgehead atoms. The summed E-state index contributed by atoms with van der Waals surface area (Å²) in [5.41, 5.74) is 1.97. The van der Waals surface area contributed by atoms with E-state index in [1.807, 2.05) is 42.6 Å². The summed E-state index contributed by atoms with van der Waals surface area (Å²) in [5, 5.41) is 0. The summed E-state index contributed by atoms with van der Waals surface area (Å²) in [7, 11) is 0. The average molecular weight is 340 g/mol. The average Bonchev–Trinajstić information content (AvgIpc) is 2.67. The summed E-state index contributed by atoms with van der Waals surface area (Å²) in [6.07, 6.45) is 6.95. The molecule has 3 nitrogen and oxygen atoms in total. The highest BCUT2D eigenvalue weighted by Crippen LogP contribution is 2.23. The summed E-state index contributed by atoms with van der Waals surface area (Å²) in [6.45, 7) is 2.93. The lowest BCUT2D eigenvalue weighted by molar-refractivity contribution is 0.0821. The molecular formula is C20H24N2OS. The molecule has 0 amide bonds. The van der Waals surface area contributed by atoms with E-state index in [1.54, 1.807) is 11.8 Å². The van der Waals surface area contributed by atoms with Crippen molar-refractivity contribution in [1.82, 2.24) is 9.88 Å². The Morgan fingerprint density at radius 2 is 2.08 bits per heavy atom. The summed E-state index contributed by atoms with van der Waals surface area (Å²) in [4.78, 5) is 20.8. The third-order valence-corrected chi connectivity index (χ3v) is 5.40. The van der Waals surface area contributed by atoms with Crippen LogP contribution in [0.3, 0.4) is 0 Å². The van der Waals surface area contributed by atoms with Crippen molar-refractivity contribution in [2.75, 3.05) is 25.9 Å². The molecule has 1 aromatic heterocycles. The van der Waals surface area contributed by atoms with Gasteiger partial charge < -0.3 is 4.90 Å². The molecule has 2 heterocycles. The normalized spacial score (nSPS) is 18.5. The van der Waals surface area contributed by atoms with E-state index in [4.69, 9.17) is 0 Å². The lowest BCUT2D eigenvalue weighted by Crippen LogP contribution is -2.39. The number of ketones is 1. The van der Waals surface area contributed by atoms with E-state index in [9.17, 15) is 4.79 Å². The van der Waals surface area contributed by atoms with Gasteiger partial charge in [0.05, 0.1) is 0 Å². The van der Waals surface area contributed by atoms with Crippen molar-refractivity contribution in [1.29, 1.82) is 0 Å². The van der Waals surface area contributed by atoms with Crippen LogP contribution in [0.15, 0.2) is 53.6 Å². The van der Waals surface area contributed by atoms with Crippen molar-refractivity contribution in [3.63, 3.8) is 0 Å². The minimum atomic E-state index is 0.127. The van der Waals surface area contributed by atoms with Crippen LogP contribution in [-0.2, 0) is 6.42 Å². The number of aromatic nitrogens is 1. The molecule has 1 atom stereocenters. The Bertz CT molecular complexity index is 657. The van der Waals surface area contributed by atoms with Crippen LogP contribution in [0.1, 0.15) is 28.9 Å². The van der Waals surface area contributed by atoms with Gasteiger partial charge in [-0.25, -0.2) is 0 Å². The van der Waals surface area contributed by atoms with Crippen molar-refractivity contribution in [2.45, 2.75) is 24.2 Å². The van der Waals surface area contributed by atoms with E-state index in [-0.39, 0.29) is 5.92 Å². The van der Waals surface area contributed by atoms with Crippen molar-refractivity contribution in [3.8, 4) is 0 Å². The van der Waals surface area contributed by atoms with Crippen molar-refractivity contribution in [2.24, 2.45) is 5.92 Å². The second-order valence-corrected chi connectivity index (χ2v) is 7.18. The fraction of sp³-hybridized carbons (Fsp3) is 0.400. The molecular weight excluding hydrogens is 316 g/mol. The van der Waals surface area contributed by atoms with Gasteiger partial charge >= 0.3 is 0 Å². The molecule has 0 N–H and O–H groups in total. The van der Waals surface area contributed by atoms with Crippen LogP contribution in [-0.4, -0.2) is 41.6 Å². The maximum atomic E-state index is 12.8. The predicted molar refractivity (Wildman–Crippen MR) is 99.7 cm³/mol. The monoisotopic (exact) mass is 340 g/mol. The summed E-state index contributed by atoms with van der Waals surface area (Å²) in [5.74, 6) is 0.424. The Morgan fingerprint density at radius 1 is 1.25 bits per heavy atom. The third-order valence-electron chi connectivity index (χ3n) is 4.66. The fourth-order valence-electron chi connectivity index (χ4n) is 3.28. The first kappa shape index (κ1) is 17.2. The number of Topliss-reactive ketones (excluding diaryl/α,β-unsaturated/α-hetero) is 1. The Labute approximate surface area is 148 Å². The predicted octanol–water partition coefficient (Wildman–Crippen LogP) is 3.94. The van der Waals surface area contributed by atoms with E-state index in [0.717, 1.165) is 50.2 Å². The third kappa shape index (κ3) is 4.46. The molecule has 1 aromatic carbocycles. The van der Waals surface area contributed by atoms with E-state index < -0.39 is 0 Å². The van der Waals surface area contributed by atoms with Crippen molar-refractivity contribution in [3.05, 3.63) is 59.9 Å². The molecule has 0 spiro atoms. The van der Waals surface area contributed by atoms with E-state index in [0.29, 0.717) is 5.78 Å². The first-order valence-corrected chi connectivity index (χ1v) is 9.79. The van der Waals surface area contributed by atoms with Crippen LogP contribution >= 0.6 is 11.8 Å². The maximum absolute atomic E-state index is 12.8. The van der Waals surface area contributed by atoms with E-state index >= 15 is 0 Å². The number of nitrogens with zero attached hydrogens (tertiary/aromatic N) is 2. The molecule has 0 unspecified atom stereocenters. The first-order valence-electron chi connectivity index (χ1n) is 8.57. The Kier molecular flexibility index (Phi) is 6.05. The Morgan fingerprint density at radius 3 is 2.79 bits per heavy atom. The van der Waals surface area contributed by atoms with Crippen LogP contribution < -0.4 is 0 Å². The standard InChI is InChI=1S/C20H24N2OS/c1-24-19-9-7-16(8-10-19)20(23)17-5-4-13-22(15-17)14-11-18-6-2-3-12-21-18/h2-3,6-10,12,17H,4-5,11,13-15H2,1H3/t17-/m1/s1. The number of thioether (sulfide) groups is 1. The van der Waals surface area contributed by atoms with E-state index in [1.165, 1.54) is 4.90 Å². The van der Waals surface area contributed by atoms with Gasteiger partial charge in [0.2, 0.25) is 0 Å². The van der Waals surface area contributed by atoms with Gasteiger partial charge in [0.25, 0.3) is 0 Å². The van der Waals surface area contributed by atoms with Gasteiger partial charge in [-0.05, 0) is 49.9 Å². The highest BCUT2D eigenvalue weighted by molar-refractivity contribution is 7.98. The molecule has 0 aliphatic carbocycles. The zero-order chi connectivity index (χ0) is 16.8. The van der Waals surface area contributed by atoms with Crippen LogP contribution in [0.25, 0.3) is 0 Å². The lowest BCUT2D eigenvalue weighted by atomic mass is 9.90. The molecule has 1 saturated heterocycles. The smallest absolute Gasteiger partial charge is 0.167 e. The minimum absolute atomic E-state index is 0.127. The number of piperidine rings is 1. The number of rotatable bonds is 6. The van der Waals surface area contributed by atoms with Gasteiger partial charge in [-0.2, -0.15) is 0 Å². The molecule has 3 rings (SSSR count).